The zero-order valence-corrected chi connectivity index (χ0v) is 13.2. The number of hydrogen-bond donors (Lipinski definition) is 0. The van der Waals surface area contributed by atoms with Crippen molar-refractivity contribution in [3.63, 3.8) is 0 Å². The molecule has 0 N–H and O–H groups in total. The van der Waals surface area contributed by atoms with Crippen molar-refractivity contribution in [3.8, 4) is 0 Å². The monoisotopic (exact) mass is 325 g/mol. The number of thiazole rings is 1. The quantitative estimate of drug-likeness (QED) is 0.662. The van der Waals surface area contributed by atoms with Crippen LogP contribution in [-0.4, -0.2) is 16.4 Å². The smallest absolute Gasteiger partial charge is 0.195 e. The molecule has 0 saturated carbocycles. The topological polar surface area (TPSA) is 20.5 Å². The Balaban J connectivity index is 1.89. The van der Waals surface area contributed by atoms with Crippen molar-refractivity contribution in [1.29, 1.82) is 0 Å². The molecule has 0 spiro atoms. The molecule has 104 valence electrons. The minimum absolute atomic E-state index is 0.443. The summed E-state index contributed by atoms with van der Waals surface area (Å²) in [4.78, 5) is 7.74. The first-order valence-corrected chi connectivity index (χ1v) is 7.94. The number of aromatic nitrogens is 2. The first-order chi connectivity index (χ1) is 9.69. The molecule has 2 aromatic heterocycles. The van der Waals surface area contributed by atoms with Crippen LogP contribution in [0.15, 0.2) is 35.8 Å². The van der Waals surface area contributed by atoms with Gasteiger partial charge in [0.1, 0.15) is 0 Å². The fraction of sp³-hybridized carbons (Fsp3) is 0.214. The van der Waals surface area contributed by atoms with Crippen molar-refractivity contribution in [2.45, 2.75) is 12.4 Å². The number of hydrogen-bond acceptors (Lipinski definition) is 3. The summed E-state index contributed by atoms with van der Waals surface area (Å²) in [6.07, 6.45) is 2.00. The fourth-order valence-electron chi connectivity index (χ4n) is 2.19. The number of fused-ring (bicyclic) bond motifs is 1. The highest BCUT2D eigenvalue weighted by molar-refractivity contribution is 7.15. The summed E-state index contributed by atoms with van der Waals surface area (Å²) in [6.45, 7) is 0.770. The van der Waals surface area contributed by atoms with Crippen molar-refractivity contribution in [2.75, 3.05) is 11.9 Å². The lowest BCUT2D eigenvalue weighted by atomic mass is 10.2. The lowest BCUT2D eigenvalue weighted by molar-refractivity contribution is 0.894. The molecule has 2 heterocycles. The maximum atomic E-state index is 6.08. The van der Waals surface area contributed by atoms with Crippen LogP contribution in [0.1, 0.15) is 11.3 Å². The fourth-order valence-corrected chi connectivity index (χ4v) is 3.29. The summed E-state index contributed by atoms with van der Waals surface area (Å²) < 4.78 is 2.05. The van der Waals surface area contributed by atoms with Crippen LogP contribution in [0.4, 0.5) is 5.82 Å². The molecule has 3 nitrogen and oxygen atoms in total. The van der Waals surface area contributed by atoms with E-state index in [-0.39, 0.29) is 0 Å². The molecule has 0 amide bonds. The number of imidazole rings is 1. The molecule has 0 aliphatic carbocycles. The first kappa shape index (κ1) is 13.7. The summed E-state index contributed by atoms with van der Waals surface area (Å²) in [5, 5.41) is 2.77. The van der Waals surface area contributed by atoms with Crippen LogP contribution in [0.2, 0.25) is 5.02 Å². The van der Waals surface area contributed by atoms with Crippen molar-refractivity contribution in [2.24, 2.45) is 0 Å². The number of halogens is 2. The van der Waals surface area contributed by atoms with E-state index in [1.54, 1.807) is 11.3 Å². The first-order valence-electron chi connectivity index (χ1n) is 6.15. The van der Waals surface area contributed by atoms with Gasteiger partial charge in [0.25, 0.3) is 0 Å². The molecule has 3 rings (SSSR count). The van der Waals surface area contributed by atoms with E-state index in [2.05, 4.69) is 9.88 Å². The molecule has 0 fully saturated rings. The predicted molar refractivity (Wildman–Crippen MR) is 86.2 cm³/mol. The second kappa shape index (κ2) is 5.64. The van der Waals surface area contributed by atoms with Crippen LogP contribution in [0, 0.1) is 0 Å². The molecule has 3 aromatic rings. The van der Waals surface area contributed by atoms with E-state index in [0.29, 0.717) is 5.88 Å². The van der Waals surface area contributed by atoms with E-state index in [1.165, 1.54) is 5.56 Å². The van der Waals surface area contributed by atoms with Crippen LogP contribution >= 0.6 is 34.5 Å². The van der Waals surface area contributed by atoms with Crippen molar-refractivity contribution in [1.82, 2.24) is 9.38 Å². The van der Waals surface area contributed by atoms with Gasteiger partial charge in [-0.15, -0.1) is 22.9 Å². The zero-order valence-electron chi connectivity index (χ0n) is 10.9. The number of alkyl halides is 1. The Morgan fingerprint density at radius 3 is 2.75 bits per heavy atom. The van der Waals surface area contributed by atoms with E-state index in [1.807, 2.05) is 47.3 Å². The van der Waals surface area contributed by atoms with Gasteiger partial charge in [-0.1, -0.05) is 23.7 Å². The maximum Gasteiger partial charge on any atom is 0.195 e. The minimum atomic E-state index is 0.443. The third-order valence-electron chi connectivity index (χ3n) is 3.16. The second-order valence-electron chi connectivity index (χ2n) is 4.55. The molecule has 1 aromatic carbocycles. The number of anilines is 1. The van der Waals surface area contributed by atoms with Crippen LogP contribution < -0.4 is 4.90 Å². The van der Waals surface area contributed by atoms with Gasteiger partial charge in [0.05, 0.1) is 11.6 Å². The molecule has 0 aliphatic rings. The second-order valence-corrected chi connectivity index (χ2v) is 6.13. The average Bonchev–Trinajstić information content (AvgIpc) is 3.01. The summed E-state index contributed by atoms with van der Waals surface area (Å²) >= 11 is 13.6. The summed E-state index contributed by atoms with van der Waals surface area (Å²) in [6, 6.07) is 7.85. The Morgan fingerprint density at radius 1 is 1.30 bits per heavy atom. The number of nitrogens with zero attached hydrogens (tertiary/aromatic N) is 3. The van der Waals surface area contributed by atoms with Gasteiger partial charge in [0.15, 0.2) is 10.8 Å². The number of rotatable bonds is 4. The lowest BCUT2D eigenvalue weighted by Crippen LogP contribution is -2.18. The summed E-state index contributed by atoms with van der Waals surface area (Å²) in [5.41, 5.74) is 2.22. The Kier molecular flexibility index (Phi) is 3.87. The van der Waals surface area contributed by atoms with Gasteiger partial charge in [-0.3, -0.25) is 4.40 Å². The lowest BCUT2D eigenvalue weighted by Gasteiger charge is -2.18. The number of benzene rings is 1. The third kappa shape index (κ3) is 2.51. The molecule has 0 bridgehead atoms. The minimum Gasteiger partial charge on any atom is -0.354 e. The molecular formula is C14H13Cl2N3S. The maximum absolute atomic E-state index is 6.08. The molecular weight excluding hydrogens is 313 g/mol. The van der Waals surface area contributed by atoms with Gasteiger partial charge in [-0.25, -0.2) is 4.98 Å². The van der Waals surface area contributed by atoms with Crippen molar-refractivity contribution < 1.29 is 0 Å². The Morgan fingerprint density at radius 2 is 2.05 bits per heavy atom. The van der Waals surface area contributed by atoms with E-state index in [0.717, 1.165) is 28.0 Å². The highest BCUT2D eigenvalue weighted by Crippen LogP contribution is 2.26. The Bertz CT molecular complexity index is 718. The van der Waals surface area contributed by atoms with Crippen LogP contribution in [0.5, 0.6) is 0 Å². The molecule has 0 radical (unpaired) electrons. The van der Waals surface area contributed by atoms with E-state index in [4.69, 9.17) is 23.2 Å². The largest absolute Gasteiger partial charge is 0.354 e. The average molecular weight is 326 g/mol. The van der Waals surface area contributed by atoms with Crippen LogP contribution in [-0.2, 0) is 12.4 Å². The molecule has 0 saturated heterocycles. The Hall–Kier alpha value is -1.23. The predicted octanol–water partition coefficient (Wildman–Crippen LogP) is 4.42. The van der Waals surface area contributed by atoms with Gasteiger partial charge in [-0.2, -0.15) is 0 Å². The van der Waals surface area contributed by atoms with E-state index < -0.39 is 0 Å². The van der Waals surface area contributed by atoms with Gasteiger partial charge in [0, 0.05) is 30.2 Å². The molecule has 6 heteroatoms. The normalized spacial score (nSPS) is 11.2. The highest BCUT2D eigenvalue weighted by atomic mass is 35.5. The van der Waals surface area contributed by atoms with Crippen LogP contribution in [0.25, 0.3) is 4.96 Å². The summed E-state index contributed by atoms with van der Waals surface area (Å²) in [7, 11) is 2.02. The standard InChI is InChI=1S/C14H13Cl2N3S/c1-18(9-10-2-4-11(16)5-3-10)13-12(8-15)19-6-7-20-14(19)17-13/h2-7H,8-9H2,1H3. The highest BCUT2D eigenvalue weighted by Gasteiger charge is 2.15. The van der Waals surface area contributed by atoms with Gasteiger partial charge in [0.2, 0.25) is 0 Å². The molecule has 20 heavy (non-hydrogen) atoms. The third-order valence-corrected chi connectivity index (χ3v) is 4.42. The van der Waals surface area contributed by atoms with Crippen molar-refractivity contribution >= 4 is 45.3 Å². The molecule has 0 atom stereocenters. The zero-order chi connectivity index (χ0) is 14.1. The van der Waals surface area contributed by atoms with E-state index >= 15 is 0 Å². The van der Waals surface area contributed by atoms with Crippen LogP contribution in [0.3, 0.4) is 0 Å². The SMILES string of the molecule is CN(Cc1ccc(Cl)cc1)c1nc2sccn2c1CCl. The molecule has 0 unspecified atom stereocenters. The summed E-state index contributed by atoms with van der Waals surface area (Å²) in [5.74, 6) is 1.37. The van der Waals surface area contributed by atoms with Gasteiger partial charge >= 0.3 is 0 Å². The molecule has 0 aliphatic heterocycles. The Labute approximate surface area is 131 Å². The van der Waals surface area contributed by atoms with Gasteiger partial charge in [-0.05, 0) is 17.7 Å². The van der Waals surface area contributed by atoms with Crippen molar-refractivity contribution in [3.05, 3.63) is 52.1 Å². The van der Waals surface area contributed by atoms with E-state index in [9.17, 15) is 0 Å². The van der Waals surface area contributed by atoms with Gasteiger partial charge < -0.3 is 4.90 Å².